The van der Waals surface area contributed by atoms with E-state index in [0.717, 1.165) is 22.6 Å². The minimum absolute atomic E-state index is 0.864. The Morgan fingerprint density at radius 2 is 1.63 bits per heavy atom. The van der Waals surface area contributed by atoms with E-state index in [1.165, 1.54) is 5.56 Å². The molecule has 19 heavy (non-hydrogen) atoms. The molecular weight excluding hydrogens is 236 g/mol. The molecule has 0 aliphatic heterocycles. The molecule has 3 aromatic rings. The highest BCUT2D eigenvalue weighted by Gasteiger charge is 2.07. The molecule has 1 N–H and O–H groups in total. The van der Waals surface area contributed by atoms with Gasteiger partial charge in [-0.05, 0) is 29.3 Å². The minimum Gasteiger partial charge on any atom is -0.497 e. The lowest BCUT2D eigenvalue weighted by Gasteiger charge is -2.08. The summed E-state index contributed by atoms with van der Waals surface area (Å²) in [6, 6.07) is 18.3. The molecule has 1 heterocycles. The lowest BCUT2D eigenvalue weighted by molar-refractivity contribution is 0.415. The molecule has 0 unspecified atom stereocenters. The Balaban J connectivity index is 2.09. The number of nitrogens with one attached hydrogen (secondary N) is 1. The molecule has 0 spiro atoms. The summed E-state index contributed by atoms with van der Waals surface area (Å²) in [5.41, 5.74) is 4.50. The first-order valence-corrected chi connectivity index (χ1v) is 6.11. The van der Waals surface area contributed by atoms with Crippen LogP contribution < -0.4 is 4.74 Å². The molecule has 3 heteroatoms. The molecule has 0 bridgehead atoms. The maximum atomic E-state index is 5.19. The molecule has 0 aliphatic rings. The van der Waals surface area contributed by atoms with Crippen molar-refractivity contribution in [3.63, 3.8) is 0 Å². The zero-order valence-electron chi connectivity index (χ0n) is 10.6. The van der Waals surface area contributed by atoms with Gasteiger partial charge in [0, 0.05) is 11.8 Å². The second-order valence-electron chi connectivity index (χ2n) is 4.24. The molecule has 0 saturated carbocycles. The van der Waals surface area contributed by atoms with E-state index in [0.29, 0.717) is 0 Å². The van der Waals surface area contributed by atoms with Gasteiger partial charge >= 0.3 is 0 Å². The van der Waals surface area contributed by atoms with Crippen LogP contribution in [0.1, 0.15) is 0 Å². The number of methoxy groups -OCH3 is 1. The molecule has 94 valence electrons. The van der Waals surface area contributed by atoms with E-state index in [1.807, 2.05) is 30.3 Å². The zero-order chi connectivity index (χ0) is 13.1. The average molecular weight is 250 g/mol. The van der Waals surface area contributed by atoms with Crippen molar-refractivity contribution in [1.29, 1.82) is 0 Å². The third-order valence-corrected chi connectivity index (χ3v) is 3.12. The van der Waals surface area contributed by atoms with Gasteiger partial charge in [0.2, 0.25) is 0 Å². The van der Waals surface area contributed by atoms with Crippen molar-refractivity contribution in [2.24, 2.45) is 0 Å². The molecule has 0 fully saturated rings. The van der Waals surface area contributed by atoms with Gasteiger partial charge in [-0.25, -0.2) is 0 Å². The number of hydrogen-bond donors (Lipinski definition) is 1. The molecule has 0 amide bonds. The standard InChI is InChI=1S/C16H14N2O/c1-19-13-8-6-12(7-9-13)14-4-2-3-5-15(14)16-10-11-17-18-16/h2-11H,1H3,(H,17,18). The van der Waals surface area contributed by atoms with Crippen molar-refractivity contribution in [3.8, 4) is 28.1 Å². The van der Waals surface area contributed by atoms with E-state index >= 15 is 0 Å². The maximum absolute atomic E-state index is 5.19. The van der Waals surface area contributed by atoms with Gasteiger partial charge in [-0.2, -0.15) is 5.10 Å². The Morgan fingerprint density at radius 1 is 0.895 bits per heavy atom. The van der Waals surface area contributed by atoms with Gasteiger partial charge in [0.15, 0.2) is 0 Å². The van der Waals surface area contributed by atoms with Crippen LogP contribution in [-0.4, -0.2) is 17.3 Å². The monoisotopic (exact) mass is 250 g/mol. The predicted molar refractivity (Wildman–Crippen MR) is 76.0 cm³/mol. The van der Waals surface area contributed by atoms with E-state index in [1.54, 1.807) is 13.3 Å². The van der Waals surface area contributed by atoms with Gasteiger partial charge in [-0.15, -0.1) is 0 Å². The highest BCUT2D eigenvalue weighted by molar-refractivity contribution is 5.81. The Morgan fingerprint density at radius 3 is 2.26 bits per heavy atom. The Labute approximate surface area is 111 Å². The molecule has 0 atom stereocenters. The quantitative estimate of drug-likeness (QED) is 0.768. The molecule has 3 rings (SSSR count). The SMILES string of the molecule is COc1ccc(-c2ccccc2-c2ccn[nH]2)cc1. The van der Waals surface area contributed by atoms with Crippen molar-refractivity contribution < 1.29 is 4.74 Å². The van der Waals surface area contributed by atoms with Crippen molar-refractivity contribution in [1.82, 2.24) is 10.2 Å². The number of rotatable bonds is 3. The fourth-order valence-corrected chi connectivity index (χ4v) is 2.15. The lowest BCUT2D eigenvalue weighted by Crippen LogP contribution is -1.86. The molecule has 1 aromatic heterocycles. The van der Waals surface area contributed by atoms with Crippen LogP contribution in [0.3, 0.4) is 0 Å². The second kappa shape index (κ2) is 4.98. The van der Waals surface area contributed by atoms with Gasteiger partial charge < -0.3 is 4.74 Å². The summed E-state index contributed by atoms with van der Waals surface area (Å²) >= 11 is 0. The number of aromatic nitrogens is 2. The van der Waals surface area contributed by atoms with Crippen molar-refractivity contribution >= 4 is 0 Å². The van der Waals surface area contributed by atoms with Crippen LogP contribution >= 0.6 is 0 Å². The average Bonchev–Trinajstić information content (AvgIpc) is 3.01. The van der Waals surface area contributed by atoms with Gasteiger partial charge in [-0.1, -0.05) is 36.4 Å². The number of nitrogens with zero attached hydrogens (tertiary/aromatic N) is 1. The van der Waals surface area contributed by atoms with Gasteiger partial charge in [0.1, 0.15) is 5.75 Å². The summed E-state index contributed by atoms with van der Waals surface area (Å²) in [6.07, 6.45) is 1.76. The largest absolute Gasteiger partial charge is 0.497 e. The summed E-state index contributed by atoms with van der Waals surface area (Å²) in [6.45, 7) is 0. The zero-order valence-corrected chi connectivity index (χ0v) is 10.6. The first kappa shape index (κ1) is 11.5. The van der Waals surface area contributed by atoms with E-state index in [2.05, 4.69) is 34.5 Å². The predicted octanol–water partition coefficient (Wildman–Crippen LogP) is 3.75. The van der Waals surface area contributed by atoms with Crippen LogP contribution in [-0.2, 0) is 0 Å². The summed E-state index contributed by atoms with van der Waals surface area (Å²) in [5, 5.41) is 7.03. The Kier molecular flexibility index (Phi) is 3.02. The second-order valence-corrected chi connectivity index (χ2v) is 4.24. The van der Waals surface area contributed by atoms with Gasteiger partial charge in [-0.3, -0.25) is 5.10 Å². The first-order valence-electron chi connectivity index (χ1n) is 6.11. The minimum atomic E-state index is 0.864. The molecular formula is C16H14N2O. The van der Waals surface area contributed by atoms with E-state index in [4.69, 9.17) is 4.74 Å². The maximum Gasteiger partial charge on any atom is 0.118 e. The smallest absolute Gasteiger partial charge is 0.118 e. The summed E-state index contributed by atoms with van der Waals surface area (Å²) in [4.78, 5) is 0. The fourth-order valence-electron chi connectivity index (χ4n) is 2.15. The molecule has 0 aliphatic carbocycles. The van der Waals surface area contributed by atoms with Gasteiger partial charge in [0.25, 0.3) is 0 Å². The third-order valence-electron chi connectivity index (χ3n) is 3.12. The number of aromatic amines is 1. The van der Waals surface area contributed by atoms with E-state index in [9.17, 15) is 0 Å². The number of ether oxygens (including phenoxy) is 1. The van der Waals surface area contributed by atoms with Crippen LogP contribution in [0.4, 0.5) is 0 Å². The Hall–Kier alpha value is -2.55. The molecule has 3 nitrogen and oxygen atoms in total. The van der Waals surface area contributed by atoms with Crippen molar-refractivity contribution in [2.45, 2.75) is 0 Å². The lowest BCUT2D eigenvalue weighted by atomic mass is 9.98. The topological polar surface area (TPSA) is 37.9 Å². The normalized spacial score (nSPS) is 10.4. The summed E-state index contributed by atoms with van der Waals surface area (Å²) in [7, 11) is 1.67. The van der Waals surface area contributed by atoms with Crippen molar-refractivity contribution in [2.75, 3.05) is 7.11 Å². The van der Waals surface area contributed by atoms with Crippen LogP contribution in [0.15, 0.2) is 60.8 Å². The summed E-state index contributed by atoms with van der Waals surface area (Å²) < 4.78 is 5.19. The Bertz CT molecular complexity index is 657. The van der Waals surface area contributed by atoms with Crippen LogP contribution in [0.25, 0.3) is 22.4 Å². The van der Waals surface area contributed by atoms with Crippen LogP contribution in [0.2, 0.25) is 0 Å². The van der Waals surface area contributed by atoms with Crippen LogP contribution in [0, 0.1) is 0 Å². The van der Waals surface area contributed by atoms with Gasteiger partial charge in [0.05, 0.1) is 12.8 Å². The van der Waals surface area contributed by atoms with Crippen molar-refractivity contribution in [3.05, 3.63) is 60.8 Å². The third kappa shape index (κ3) is 2.22. The van der Waals surface area contributed by atoms with E-state index < -0.39 is 0 Å². The van der Waals surface area contributed by atoms with Crippen LogP contribution in [0.5, 0.6) is 5.75 Å². The fraction of sp³-hybridized carbons (Fsp3) is 0.0625. The molecule has 0 radical (unpaired) electrons. The highest BCUT2D eigenvalue weighted by atomic mass is 16.5. The molecule has 0 saturated heterocycles. The number of benzene rings is 2. The van der Waals surface area contributed by atoms with E-state index in [-0.39, 0.29) is 0 Å². The first-order chi connectivity index (χ1) is 9.38. The number of hydrogen-bond acceptors (Lipinski definition) is 2. The number of H-pyrrole nitrogens is 1. The summed E-state index contributed by atoms with van der Waals surface area (Å²) in [5.74, 6) is 0.864. The molecule has 2 aromatic carbocycles. The highest BCUT2D eigenvalue weighted by Crippen LogP contribution is 2.31.